The molecule has 0 heterocycles. The summed E-state index contributed by atoms with van der Waals surface area (Å²) in [6.07, 6.45) is 0.134. The number of hydrogen-bond donors (Lipinski definition) is 2. The molecule has 3 N–H and O–H groups in total. The van der Waals surface area contributed by atoms with Gasteiger partial charge in [-0.1, -0.05) is 30.3 Å². The van der Waals surface area contributed by atoms with Crippen molar-refractivity contribution < 1.29 is 18.8 Å². The number of primary amides is 1. The number of Topliss-reactive ketones (excluding diaryl/α,β-unsaturated/α-hetero) is 1. The summed E-state index contributed by atoms with van der Waals surface area (Å²) < 4.78 is 12.9. The molecule has 6 heteroatoms. The van der Waals surface area contributed by atoms with Crippen LogP contribution in [0.2, 0.25) is 0 Å². The van der Waals surface area contributed by atoms with Crippen LogP contribution in [0.1, 0.15) is 15.9 Å². The lowest BCUT2D eigenvalue weighted by molar-refractivity contribution is -0.137. The molecule has 23 heavy (non-hydrogen) atoms. The summed E-state index contributed by atoms with van der Waals surface area (Å²) >= 11 is 0. The number of benzene rings is 2. The fourth-order valence-electron chi connectivity index (χ4n) is 2.07. The zero-order valence-corrected chi connectivity index (χ0v) is 12.2. The number of ketones is 1. The number of nitrogens with two attached hydrogens (primary N) is 1. The summed E-state index contributed by atoms with van der Waals surface area (Å²) in [5.41, 5.74) is 5.99. The van der Waals surface area contributed by atoms with Crippen LogP contribution in [-0.2, 0) is 16.0 Å². The number of halogens is 1. The first-order valence-electron chi connectivity index (χ1n) is 6.91. The average molecular weight is 314 g/mol. The van der Waals surface area contributed by atoms with Crippen LogP contribution in [0.3, 0.4) is 0 Å². The first kappa shape index (κ1) is 16.4. The number of carbonyl (C=O) groups excluding carboxylic acids is 3. The quantitative estimate of drug-likeness (QED) is 0.786. The van der Waals surface area contributed by atoms with E-state index < -0.39 is 29.5 Å². The smallest absolute Gasteiger partial charge is 0.287 e. The molecule has 0 aliphatic carbocycles. The maximum absolute atomic E-state index is 12.9. The molecule has 0 aromatic heterocycles. The van der Waals surface area contributed by atoms with E-state index in [4.69, 9.17) is 5.73 Å². The molecule has 0 spiro atoms. The van der Waals surface area contributed by atoms with E-state index in [1.807, 2.05) is 6.07 Å². The second-order valence-electron chi connectivity index (χ2n) is 4.95. The van der Waals surface area contributed by atoms with Crippen molar-refractivity contribution in [3.05, 3.63) is 71.5 Å². The van der Waals surface area contributed by atoms with Crippen molar-refractivity contribution in [1.82, 2.24) is 5.32 Å². The highest BCUT2D eigenvalue weighted by Crippen LogP contribution is 2.07. The maximum Gasteiger partial charge on any atom is 0.287 e. The Hall–Kier alpha value is -3.02. The molecular formula is C17H15FN2O3. The molecule has 0 aliphatic heterocycles. The van der Waals surface area contributed by atoms with Crippen molar-refractivity contribution in [2.45, 2.75) is 12.5 Å². The van der Waals surface area contributed by atoms with Crippen LogP contribution < -0.4 is 11.1 Å². The highest BCUT2D eigenvalue weighted by atomic mass is 19.1. The van der Waals surface area contributed by atoms with Gasteiger partial charge in [0, 0.05) is 12.0 Å². The van der Waals surface area contributed by atoms with Gasteiger partial charge in [-0.05, 0) is 29.8 Å². The van der Waals surface area contributed by atoms with E-state index in [9.17, 15) is 18.8 Å². The van der Waals surface area contributed by atoms with Crippen molar-refractivity contribution in [3.63, 3.8) is 0 Å². The van der Waals surface area contributed by atoms with Crippen LogP contribution in [0.15, 0.2) is 54.6 Å². The molecular weight excluding hydrogens is 299 g/mol. The fourth-order valence-corrected chi connectivity index (χ4v) is 2.07. The Bertz CT molecular complexity index is 714. The van der Waals surface area contributed by atoms with E-state index in [2.05, 4.69) is 5.32 Å². The molecule has 0 saturated heterocycles. The number of nitrogens with one attached hydrogen (secondary N) is 1. The second-order valence-corrected chi connectivity index (χ2v) is 4.95. The minimum absolute atomic E-state index is 0.134. The second kappa shape index (κ2) is 7.31. The molecule has 0 fully saturated rings. The maximum atomic E-state index is 12.9. The predicted molar refractivity (Wildman–Crippen MR) is 82.0 cm³/mol. The van der Waals surface area contributed by atoms with E-state index in [0.29, 0.717) is 0 Å². The van der Waals surface area contributed by atoms with Gasteiger partial charge in [0.05, 0.1) is 0 Å². The van der Waals surface area contributed by atoms with Crippen LogP contribution in [-0.4, -0.2) is 23.6 Å². The summed E-state index contributed by atoms with van der Waals surface area (Å²) in [6, 6.07) is 12.7. The molecule has 0 aliphatic rings. The van der Waals surface area contributed by atoms with Crippen LogP contribution in [0.25, 0.3) is 0 Å². The summed E-state index contributed by atoms with van der Waals surface area (Å²) in [7, 11) is 0. The van der Waals surface area contributed by atoms with Gasteiger partial charge in [0.2, 0.25) is 5.78 Å². The first-order chi connectivity index (χ1) is 11.0. The first-order valence-corrected chi connectivity index (χ1v) is 6.91. The van der Waals surface area contributed by atoms with Gasteiger partial charge in [-0.15, -0.1) is 0 Å². The zero-order valence-electron chi connectivity index (χ0n) is 12.2. The van der Waals surface area contributed by atoms with Crippen LogP contribution >= 0.6 is 0 Å². The Labute approximate surface area is 132 Å². The Morgan fingerprint density at radius 3 is 2.17 bits per heavy atom. The van der Waals surface area contributed by atoms with Crippen molar-refractivity contribution in [3.8, 4) is 0 Å². The van der Waals surface area contributed by atoms with Gasteiger partial charge in [-0.25, -0.2) is 4.39 Å². The summed E-state index contributed by atoms with van der Waals surface area (Å²) in [6.45, 7) is 0. The van der Waals surface area contributed by atoms with Crippen molar-refractivity contribution in [1.29, 1.82) is 0 Å². The minimum Gasteiger partial charge on any atom is -0.363 e. The molecule has 0 bridgehead atoms. The van der Waals surface area contributed by atoms with E-state index in [1.165, 1.54) is 12.1 Å². The molecule has 2 amide bonds. The third kappa shape index (κ3) is 4.47. The highest BCUT2D eigenvalue weighted by molar-refractivity contribution is 6.38. The largest absolute Gasteiger partial charge is 0.363 e. The molecule has 2 rings (SSSR count). The van der Waals surface area contributed by atoms with E-state index in [1.54, 1.807) is 24.3 Å². The third-order valence-electron chi connectivity index (χ3n) is 3.25. The van der Waals surface area contributed by atoms with Gasteiger partial charge in [-0.2, -0.15) is 0 Å². The lowest BCUT2D eigenvalue weighted by atomic mass is 10.0. The van der Waals surface area contributed by atoms with Gasteiger partial charge >= 0.3 is 0 Å². The number of amides is 2. The number of carbonyl (C=O) groups is 3. The molecule has 5 nitrogen and oxygen atoms in total. The Balaban J connectivity index is 2.17. The predicted octanol–water partition coefficient (Wildman–Crippen LogP) is 1.22. The highest BCUT2D eigenvalue weighted by Gasteiger charge is 2.25. The summed E-state index contributed by atoms with van der Waals surface area (Å²) in [5.74, 6) is -3.06. The molecule has 0 saturated carbocycles. The van der Waals surface area contributed by atoms with E-state index >= 15 is 0 Å². The average Bonchev–Trinajstić information content (AvgIpc) is 2.55. The Kier molecular flexibility index (Phi) is 5.19. The lowest BCUT2D eigenvalue weighted by Gasteiger charge is -2.16. The van der Waals surface area contributed by atoms with E-state index in [-0.39, 0.29) is 12.0 Å². The zero-order chi connectivity index (χ0) is 16.8. The fraction of sp³-hybridized carbons (Fsp3) is 0.118. The SMILES string of the molecule is NC(=O)C(=O)[C@H](Cc1ccccc1)NC(=O)c1ccc(F)cc1. The molecule has 2 aromatic rings. The van der Waals surface area contributed by atoms with Crippen molar-refractivity contribution in [2.75, 3.05) is 0 Å². The normalized spacial score (nSPS) is 11.5. The summed E-state index contributed by atoms with van der Waals surface area (Å²) in [5, 5.41) is 2.47. The van der Waals surface area contributed by atoms with Gasteiger partial charge in [0.1, 0.15) is 11.9 Å². The van der Waals surface area contributed by atoms with Crippen molar-refractivity contribution >= 4 is 17.6 Å². The standard InChI is InChI=1S/C17H15FN2O3/c18-13-8-6-12(7-9-13)17(23)20-14(15(21)16(19)22)10-11-4-2-1-3-5-11/h1-9,14H,10H2,(H2,19,22)(H,20,23)/t14-/m0/s1. The molecule has 2 aromatic carbocycles. The number of rotatable bonds is 6. The van der Waals surface area contributed by atoms with Gasteiger partial charge in [0.15, 0.2) is 0 Å². The molecule has 0 radical (unpaired) electrons. The van der Waals surface area contributed by atoms with Crippen LogP contribution in [0.4, 0.5) is 4.39 Å². The van der Waals surface area contributed by atoms with Crippen LogP contribution in [0.5, 0.6) is 0 Å². The molecule has 118 valence electrons. The van der Waals surface area contributed by atoms with E-state index in [0.717, 1.165) is 17.7 Å². The Morgan fingerprint density at radius 2 is 1.61 bits per heavy atom. The third-order valence-corrected chi connectivity index (χ3v) is 3.25. The molecule has 0 unspecified atom stereocenters. The monoisotopic (exact) mass is 314 g/mol. The summed E-state index contributed by atoms with van der Waals surface area (Å²) in [4.78, 5) is 35.2. The van der Waals surface area contributed by atoms with Gasteiger partial charge < -0.3 is 11.1 Å². The minimum atomic E-state index is -1.12. The molecule has 1 atom stereocenters. The van der Waals surface area contributed by atoms with Gasteiger partial charge in [0.25, 0.3) is 11.8 Å². The lowest BCUT2D eigenvalue weighted by Crippen LogP contribution is -2.47. The van der Waals surface area contributed by atoms with Crippen LogP contribution in [0, 0.1) is 5.82 Å². The van der Waals surface area contributed by atoms with Gasteiger partial charge in [-0.3, -0.25) is 14.4 Å². The van der Waals surface area contributed by atoms with Crippen molar-refractivity contribution in [2.24, 2.45) is 5.73 Å². The number of hydrogen-bond acceptors (Lipinski definition) is 3. The Morgan fingerprint density at radius 1 is 1.00 bits per heavy atom. The topological polar surface area (TPSA) is 89.3 Å².